The maximum atomic E-state index is 12.0. The fourth-order valence-corrected chi connectivity index (χ4v) is 3.00. The SMILES string of the molecule is CNC(=O)CNC(=O)COC(=O)C[C@H]1Sc2ccccc2NC1=O. The average molecular weight is 351 g/mol. The molecule has 0 fully saturated rings. The Balaban J connectivity index is 1.77. The second kappa shape index (κ2) is 8.34. The Morgan fingerprint density at radius 2 is 2.00 bits per heavy atom. The second-order valence-corrected chi connectivity index (χ2v) is 6.15. The maximum Gasteiger partial charge on any atom is 0.307 e. The largest absolute Gasteiger partial charge is 0.456 e. The molecule has 0 spiro atoms. The first-order valence-electron chi connectivity index (χ1n) is 7.19. The number of esters is 1. The molecule has 1 atom stereocenters. The van der Waals surface area contributed by atoms with Gasteiger partial charge < -0.3 is 20.7 Å². The third kappa shape index (κ3) is 4.98. The van der Waals surface area contributed by atoms with Gasteiger partial charge in [0.25, 0.3) is 5.91 Å². The van der Waals surface area contributed by atoms with Crippen molar-refractivity contribution in [1.29, 1.82) is 0 Å². The molecule has 3 amide bonds. The number of carbonyl (C=O) groups excluding carboxylic acids is 4. The first-order chi connectivity index (χ1) is 11.5. The number of ether oxygens (including phenoxy) is 1. The van der Waals surface area contributed by atoms with Crippen LogP contribution in [0.1, 0.15) is 6.42 Å². The van der Waals surface area contributed by atoms with Crippen LogP contribution >= 0.6 is 11.8 Å². The second-order valence-electron chi connectivity index (χ2n) is 4.91. The number of hydrogen-bond donors (Lipinski definition) is 3. The van der Waals surface area contributed by atoms with Crippen LogP contribution < -0.4 is 16.0 Å². The molecule has 2 rings (SSSR count). The van der Waals surface area contributed by atoms with Crippen molar-refractivity contribution in [3.8, 4) is 0 Å². The van der Waals surface area contributed by atoms with E-state index in [1.54, 1.807) is 6.07 Å². The summed E-state index contributed by atoms with van der Waals surface area (Å²) in [5.74, 6) is -1.88. The van der Waals surface area contributed by atoms with E-state index >= 15 is 0 Å². The molecule has 0 aliphatic carbocycles. The Bertz CT molecular complexity index is 664. The number of likely N-dealkylation sites (N-methyl/N-ethyl adjacent to an activating group) is 1. The molecule has 0 bridgehead atoms. The summed E-state index contributed by atoms with van der Waals surface area (Å²) >= 11 is 1.28. The van der Waals surface area contributed by atoms with E-state index in [0.29, 0.717) is 5.69 Å². The number of thioether (sulfide) groups is 1. The number of rotatable bonds is 6. The van der Waals surface area contributed by atoms with Gasteiger partial charge in [-0.15, -0.1) is 11.8 Å². The van der Waals surface area contributed by atoms with Gasteiger partial charge in [-0.2, -0.15) is 0 Å². The highest BCUT2D eigenvalue weighted by atomic mass is 32.2. The highest BCUT2D eigenvalue weighted by Gasteiger charge is 2.29. The lowest BCUT2D eigenvalue weighted by Crippen LogP contribution is -2.37. The first kappa shape index (κ1) is 17.8. The van der Waals surface area contributed by atoms with Crippen molar-refractivity contribution >= 4 is 41.1 Å². The maximum absolute atomic E-state index is 12.0. The fourth-order valence-electron chi connectivity index (χ4n) is 1.90. The molecule has 0 saturated heterocycles. The molecule has 1 aliphatic heterocycles. The lowest BCUT2D eigenvalue weighted by molar-refractivity contribution is -0.149. The highest BCUT2D eigenvalue weighted by Crippen LogP contribution is 2.36. The molecular formula is C15H17N3O5S. The number of para-hydroxylation sites is 1. The van der Waals surface area contributed by atoms with Crippen LogP contribution in [0.5, 0.6) is 0 Å². The molecule has 0 unspecified atom stereocenters. The number of carbonyl (C=O) groups is 4. The van der Waals surface area contributed by atoms with E-state index in [-0.39, 0.29) is 24.8 Å². The minimum atomic E-state index is -0.655. The van der Waals surface area contributed by atoms with Crippen LogP contribution in [0.2, 0.25) is 0 Å². The molecule has 1 aromatic carbocycles. The quantitative estimate of drug-likeness (QED) is 0.617. The molecule has 128 valence electrons. The third-order valence-corrected chi connectivity index (χ3v) is 4.42. The summed E-state index contributed by atoms with van der Waals surface area (Å²) in [5.41, 5.74) is 0.714. The van der Waals surface area contributed by atoms with E-state index in [9.17, 15) is 19.2 Å². The molecule has 0 aromatic heterocycles. The van der Waals surface area contributed by atoms with E-state index < -0.39 is 23.7 Å². The number of fused-ring (bicyclic) bond motifs is 1. The van der Waals surface area contributed by atoms with Gasteiger partial charge in [-0.3, -0.25) is 19.2 Å². The van der Waals surface area contributed by atoms with Crippen molar-refractivity contribution in [2.45, 2.75) is 16.6 Å². The van der Waals surface area contributed by atoms with Gasteiger partial charge in [0.2, 0.25) is 11.8 Å². The summed E-state index contributed by atoms with van der Waals surface area (Å²) in [4.78, 5) is 47.1. The lowest BCUT2D eigenvalue weighted by atomic mass is 10.2. The molecule has 24 heavy (non-hydrogen) atoms. The van der Waals surface area contributed by atoms with Crippen molar-refractivity contribution in [3.05, 3.63) is 24.3 Å². The number of nitrogens with one attached hydrogen (secondary N) is 3. The molecule has 0 radical (unpaired) electrons. The zero-order chi connectivity index (χ0) is 17.5. The van der Waals surface area contributed by atoms with E-state index in [1.165, 1.54) is 18.8 Å². The zero-order valence-electron chi connectivity index (χ0n) is 13.0. The van der Waals surface area contributed by atoms with Gasteiger partial charge in [0, 0.05) is 11.9 Å². The summed E-state index contributed by atoms with van der Waals surface area (Å²) in [7, 11) is 1.44. The summed E-state index contributed by atoms with van der Waals surface area (Å²) in [6.07, 6.45) is -0.145. The van der Waals surface area contributed by atoms with E-state index in [4.69, 9.17) is 4.74 Å². The standard InChI is InChI=1S/C15H17N3O5S/c1-16-12(19)7-17-13(20)8-23-14(21)6-11-15(22)18-9-4-2-3-5-10(9)24-11/h2-5,11H,6-8H2,1H3,(H,16,19)(H,17,20)(H,18,22)/t11-/m1/s1. The minimum Gasteiger partial charge on any atom is -0.456 e. The Kier molecular flexibility index (Phi) is 6.19. The Labute approximate surface area is 142 Å². The van der Waals surface area contributed by atoms with E-state index in [2.05, 4.69) is 16.0 Å². The van der Waals surface area contributed by atoms with Crippen LogP contribution in [-0.4, -0.2) is 49.1 Å². The highest BCUT2D eigenvalue weighted by molar-refractivity contribution is 8.01. The number of amides is 3. The first-order valence-corrected chi connectivity index (χ1v) is 8.07. The van der Waals surface area contributed by atoms with E-state index in [0.717, 1.165) is 4.90 Å². The van der Waals surface area contributed by atoms with Crippen LogP contribution in [0.15, 0.2) is 29.2 Å². The molecule has 8 nitrogen and oxygen atoms in total. The molecular weight excluding hydrogens is 334 g/mol. The normalized spacial score (nSPS) is 15.7. The summed E-state index contributed by atoms with van der Waals surface area (Å²) in [6, 6.07) is 7.29. The monoisotopic (exact) mass is 351 g/mol. The Hall–Kier alpha value is -2.55. The Morgan fingerprint density at radius 3 is 2.75 bits per heavy atom. The molecule has 9 heteroatoms. The molecule has 1 heterocycles. The molecule has 3 N–H and O–H groups in total. The Morgan fingerprint density at radius 1 is 1.25 bits per heavy atom. The number of benzene rings is 1. The van der Waals surface area contributed by atoms with E-state index in [1.807, 2.05) is 18.2 Å². The zero-order valence-corrected chi connectivity index (χ0v) is 13.8. The molecule has 1 aliphatic rings. The van der Waals surface area contributed by atoms with Gasteiger partial charge >= 0.3 is 5.97 Å². The van der Waals surface area contributed by atoms with Crippen LogP contribution in [-0.2, 0) is 23.9 Å². The van der Waals surface area contributed by atoms with Gasteiger partial charge in [0.15, 0.2) is 6.61 Å². The lowest BCUT2D eigenvalue weighted by Gasteiger charge is -2.23. The van der Waals surface area contributed by atoms with Gasteiger partial charge in [-0.1, -0.05) is 12.1 Å². The fraction of sp³-hybridized carbons (Fsp3) is 0.333. The van der Waals surface area contributed by atoms with Crippen molar-refractivity contribution in [3.63, 3.8) is 0 Å². The van der Waals surface area contributed by atoms with Gasteiger partial charge in [0.05, 0.1) is 23.9 Å². The molecule has 0 saturated carbocycles. The van der Waals surface area contributed by atoms with Crippen molar-refractivity contribution in [2.75, 3.05) is 25.5 Å². The number of anilines is 1. The van der Waals surface area contributed by atoms with Crippen LogP contribution in [0.3, 0.4) is 0 Å². The summed E-state index contributed by atoms with van der Waals surface area (Å²) < 4.78 is 4.83. The predicted octanol–water partition coefficient (Wildman–Crippen LogP) is -0.105. The summed E-state index contributed by atoms with van der Waals surface area (Å²) in [5, 5.41) is 6.76. The van der Waals surface area contributed by atoms with Crippen molar-refractivity contribution in [1.82, 2.24) is 10.6 Å². The van der Waals surface area contributed by atoms with Gasteiger partial charge in [-0.25, -0.2) is 0 Å². The third-order valence-electron chi connectivity index (χ3n) is 3.15. The van der Waals surface area contributed by atoms with Crippen LogP contribution in [0.25, 0.3) is 0 Å². The van der Waals surface area contributed by atoms with Gasteiger partial charge in [-0.05, 0) is 12.1 Å². The average Bonchev–Trinajstić information content (AvgIpc) is 2.58. The van der Waals surface area contributed by atoms with Crippen LogP contribution in [0, 0.1) is 0 Å². The number of hydrogen-bond acceptors (Lipinski definition) is 6. The smallest absolute Gasteiger partial charge is 0.307 e. The molecule has 1 aromatic rings. The topological polar surface area (TPSA) is 114 Å². The van der Waals surface area contributed by atoms with Gasteiger partial charge in [0.1, 0.15) is 0 Å². The predicted molar refractivity (Wildman–Crippen MR) is 87.4 cm³/mol. The minimum absolute atomic E-state index is 0.145. The van der Waals surface area contributed by atoms with Crippen molar-refractivity contribution in [2.24, 2.45) is 0 Å². The van der Waals surface area contributed by atoms with Crippen LogP contribution in [0.4, 0.5) is 5.69 Å². The van der Waals surface area contributed by atoms with Crippen molar-refractivity contribution < 1.29 is 23.9 Å². The summed E-state index contributed by atoms with van der Waals surface area (Å²) in [6.45, 7) is -0.685.